The van der Waals surface area contributed by atoms with Gasteiger partial charge in [-0.3, -0.25) is 0 Å². The van der Waals surface area contributed by atoms with Crippen LogP contribution in [0.1, 0.15) is 23.1 Å². The predicted octanol–water partition coefficient (Wildman–Crippen LogP) is 3.79. The number of hydrogen-bond donors (Lipinski definition) is 2. The highest BCUT2D eigenvalue weighted by Gasteiger charge is 2.38. The first-order chi connectivity index (χ1) is 20.6. The van der Waals surface area contributed by atoms with Gasteiger partial charge in [0, 0.05) is 6.61 Å². The minimum Gasteiger partial charge on any atom is -0.497 e. The Balaban J connectivity index is 1.57. The van der Waals surface area contributed by atoms with Crippen LogP contribution in [0.25, 0.3) is 0 Å². The van der Waals surface area contributed by atoms with Crippen molar-refractivity contribution in [3.05, 3.63) is 95.6 Å². The van der Waals surface area contributed by atoms with Gasteiger partial charge in [-0.1, -0.05) is 54.6 Å². The minimum atomic E-state index is -1.00. The van der Waals surface area contributed by atoms with Gasteiger partial charge in [0.15, 0.2) is 0 Å². The van der Waals surface area contributed by atoms with Crippen LogP contribution in [0, 0.1) is 0 Å². The highest BCUT2D eigenvalue weighted by atomic mass is 16.6. The first-order valence-electron chi connectivity index (χ1n) is 14.3. The Hall–Kier alpha value is -3.02. The molecular weight excluding hydrogens is 538 g/mol. The number of aliphatic hydroxyl groups excluding tert-OH is 1. The third-order valence-corrected chi connectivity index (χ3v) is 6.58. The molecule has 3 aromatic carbocycles. The lowest BCUT2D eigenvalue weighted by Crippen LogP contribution is -2.36. The summed E-state index contributed by atoms with van der Waals surface area (Å²) in [6.45, 7) is 4.18. The van der Waals surface area contributed by atoms with Crippen LogP contribution in [0.3, 0.4) is 0 Å². The lowest BCUT2D eigenvalue weighted by molar-refractivity contribution is -0.0703. The van der Waals surface area contributed by atoms with Crippen LogP contribution >= 0.6 is 0 Å². The van der Waals surface area contributed by atoms with Crippen LogP contribution in [-0.4, -0.2) is 91.4 Å². The second-order valence-electron chi connectivity index (χ2n) is 9.52. The van der Waals surface area contributed by atoms with Crippen LogP contribution in [0.5, 0.6) is 11.5 Å². The number of benzene rings is 3. The maximum atomic E-state index is 10.8. The van der Waals surface area contributed by atoms with Gasteiger partial charge in [-0.2, -0.15) is 0 Å². The van der Waals surface area contributed by atoms with Gasteiger partial charge in [0.25, 0.3) is 0 Å². The van der Waals surface area contributed by atoms with Gasteiger partial charge in [0.1, 0.15) is 23.2 Å². The smallest absolute Gasteiger partial charge is 0.143 e. The molecule has 0 fully saturated rings. The summed E-state index contributed by atoms with van der Waals surface area (Å²) < 4.78 is 39.5. The van der Waals surface area contributed by atoms with E-state index in [-0.39, 0.29) is 13.2 Å². The van der Waals surface area contributed by atoms with Crippen molar-refractivity contribution in [2.75, 3.05) is 80.2 Å². The van der Waals surface area contributed by atoms with E-state index in [9.17, 15) is 5.11 Å². The molecule has 9 heteroatoms. The molecule has 230 valence electrons. The zero-order valence-corrected chi connectivity index (χ0v) is 24.7. The average Bonchev–Trinajstić information content (AvgIpc) is 3.04. The van der Waals surface area contributed by atoms with Crippen LogP contribution < -0.4 is 15.2 Å². The molecule has 0 saturated heterocycles. The quantitative estimate of drug-likeness (QED) is 0.135. The lowest BCUT2D eigenvalue weighted by atomic mass is 9.80. The van der Waals surface area contributed by atoms with E-state index >= 15 is 0 Å². The maximum absolute atomic E-state index is 10.8. The molecule has 0 aromatic heterocycles. The molecule has 0 aliphatic heterocycles. The molecule has 9 nitrogen and oxygen atoms in total. The lowest BCUT2D eigenvalue weighted by Gasteiger charge is -2.36. The Morgan fingerprint density at radius 1 is 0.595 bits per heavy atom. The number of methoxy groups -OCH3 is 2. The fourth-order valence-corrected chi connectivity index (χ4v) is 4.41. The molecule has 1 unspecified atom stereocenters. The van der Waals surface area contributed by atoms with Gasteiger partial charge in [0.2, 0.25) is 0 Å². The van der Waals surface area contributed by atoms with E-state index in [0.29, 0.717) is 52.8 Å². The van der Waals surface area contributed by atoms with Crippen molar-refractivity contribution in [2.24, 2.45) is 5.73 Å². The van der Waals surface area contributed by atoms with E-state index in [1.165, 1.54) is 0 Å². The Bertz CT molecular complexity index is 1050. The number of rotatable bonds is 22. The topological polar surface area (TPSA) is 111 Å². The van der Waals surface area contributed by atoms with Crippen molar-refractivity contribution in [1.29, 1.82) is 0 Å². The van der Waals surface area contributed by atoms with Crippen LogP contribution in [-0.2, 0) is 29.3 Å². The molecule has 3 aromatic rings. The van der Waals surface area contributed by atoms with Crippen molar-refractivity contribution in [3.63, 3.8) is 0 Å². The Kier molecular flexibility index (Phi) is 15.3. The van der Waals surface area contributed by atoms with E-state index in [2.05, 4.69) is 0 Å². The monoisotopic (exact) mass is 583 g/mol. The summed E-state index contributed by atoms with van der Waals surface area (Å²) in [4.78, 5) is 0. The molecule has 0 radical (unpaired) electrons. The molecule has 3 rings (SSSR count). The highest BCUT2D eigenvalue weighted by molar-refractivity contribution is 5.49. The first-order valence-corrected chi connectivity index (χ1v) is 14.3. The minimum absolute atomic E-state index is 0.0367. The predicted molar refractivity (Wildman–Crippen MR) is 161 cm³/mol. The second kappa shape index (κ2) is 19.2. The van der Waals surface area contributed by atoms with Gasteiger partial charge in [-0.15, -0.1) is 0 Å². The van der Waals surface area contributed by atoms with Crippen molar-refractivity contribution < 1.29 is 38.3 Å². The van der Waals surface area contributed by atoms with Crippen LogP contribution in [0.4, 0.5) is 0 Å². The average molecular weight is 584 g/mol. The molecule has 1 atom stereocenters. The normalized spacial score (nSPS) is 12.3. The van der Waals surface area contributed by atoms with E-state index in [1.54, 1.807) is 14.2 Å². The molecule has 0 aliphatic carbocycles. The van der Waals surface area contributed by atoms with Gasteiger partial charge in [0.05, 0.1) is 67.1 Å². The van der Waals surface area contributed by atoms with E-state index in [1.807, 2.05) is 78.9 Å². The van der Waals surface area contributed by atoms with Crippen molar-refractivity contribution in [1.82, 2.24) is 0 Å². The Morgan fingerprint density at radius 2 is 1.05 bits per heavy atom. The largest absolute Gasteiger partial charge is 0.497 e. The highest BCUT2D eigenvalue weighted by Crippen LogP contribution is 2.41. The molecule has 3 N–H and O–H groups in total. The Labute approximate surface area is 249 Å². The second-order valence-corrected chi connectivity index (χ2v) is 9.52. The van der Waals surface area contributed by atoms with E-state index in [4.69, 9.17) is 38.9 Å². The molecule has 0 bridgehead atoms. The molecule has 0 spiro atoms. The molecule has 0 aliphatic rings. The number of nitrogens with two attached hydrogens (primary N) is 1. The third-order valence-electron chi connectivity index (χ3n) is 6.58. The molecular formula is C33H45NO8. The van der Waals surface area contributed by atoms with Crippen LogP contribution in [0.15, 0.2) is 78.9 Å². The number of ether oxygens (including phenoxy) is 7. The molecule has 0 heterocycles. The fraction of sp³-hybridized carbons (Fsp3) is 0.455. The van der Waals surface area contributed by atoms with Gasteiger partial charge < -0.3 is 44.0 Å². The zero-order chi connectivity index (χ0) is 29.9. The summed E-state index contributed by atoms with van der Waals surface area (Å²) >= 11 is 0. The van der Waals surface area contributed by atoms with Crippen molar-refractivity contribution >= 4 is 0 Å². The molecule has 42 heavy (non-hydrogen) atoms. The number of hydrogen-bond acceptors (Lipinski definition) is 9. The van der Waals surface area contributed by atoms with Crippen molar-refractivity contribution in [2.45, 2.75) is 18.1 Å². The van der Waals surface area contributed by atoms with Gasteiger partial charge in [-0.05, 0) is 53.9 Å². The Morgan fingerprint density at radius 3 is 1.52 bits per heavy atom. The summed E-state index contributed by atoms with van der Waals surface area (Å²) in [6.07, 6.45) is -0.00409. The standard InChI is InChI=1S/C33H45NO8/c1-36-31-13-9-28(10-14-31)33(27-7-4-3-5-8-27,29-11-15-32(37-2)16-12-29)42-26-30(35)25-41-24-23-40-22-21-39-20-19-38-18-6-17-34/h3-5,7-16,30,35H,6,17-26,34H2,1-2H3. The summed E-state index contributed by atoms with van der Waals surface area (Å²) in [5.74, 6) is 1.48. The molecule has 0 saturated carbocycles. The van der Waals surface area contributed by atoms with Gasteiger partial charge in [-0.25, -0.2) is 0 Å². The number of aliphatic hydroxyl groups is 1. The summed E-state index contributed by atoms with van der Waals surface area (Å²) in [5.41, 5.74) is 7.13. The maximum Gasteiger partial charge on any atom is 0.143 e. The SMILES string of the molecule is COc1ccc(C(OCC(O)COCCOCCOCCOCCCN)(c2ccccc2)c2ccc(OC)cc2)cc1. The van der Waals surface area contributed by atoms with E-state index in [0.717, 1.165) is 34.6 Å². The van der Waals surface area contributed by atoms with Crippen molar-refractivity contribution in [3.8, 4) is 11.5 Å². The van der Waals surface area contributed by atoms with Gasteiger partial charge >= 0.3 is 0 Å². The van der Waals surface area contributed by atoms with E-state index < -0.39 is 11.7 Å². The zero-order valence-electron chi connectivity index (χ0n) is 24.7. The summed E-state index contributed by atoms with van der Waals surface area (Å²) in [6, 6.07) is 25.5. The summed E-state index contributed by atoms with van der Waals surface area (Å²) in [5, 5.41) is 10.8. The third kappa shape index (κ3) is 10.4. The summed E-state index contributed by atoms with van der Waals surface area (Å²) in [7, 11) is 3.27. The van der Waals surface area contributed by atoms with Crippen LogP contribution in [0.2, 0.25) is 0 Å². The first kappa shape index (κ1) is 33.5. The fourth-order valence-electron chi connectivity index (χ4n) is 4.41. The molecule has 0 amide bonds.